The van der Waals surface area contributed by atoms with Gasteiger partial charge in [-0.1, -0.05) is 23.0 Å². The first-order chi connectivity index (χ1) is 16.5. The molecule has 3 aromatic heterocycles. The van der Waals surface area contributed by atoms with Crippen LogP contribution in [0.1, 0.15) is 21.7 Å². The summed E-state index contributed by atoms with van der Waals surface area (Å²) in [6.07, 6.45) is 2.99. The van der Waals surface area contributed by atoms with Crippen LogP contribution in [-0.4, -0.2) is 66.4 Å². The highest BCUT2D eigenvalue weighted by Gasteiger charge is 2.24. The fourth-order valence-electron chi connectivity index (χ4n) is 2.88. The molecular formula is C18H19N11O4S. The number of carbonyl (C=O) groups is 1. The van der Waals surface area contributed by atoms with E-state index in [1.54, 1.807) is 36.1 Å². The number of hydrogen-bond acceptors (Lipinski definition) is 13. The molecule has 0 aliphatic carbocycles. The number of ether oxygens (including phenoxy) is 2. The average molecular weight is 485 g/mol. The maximum absolute atomic E-state index is 12.9. The van der Waals surface area contributed by atoms with E-state index in [0.717, 1.165) is 0 Å². The molecule has 16 heteroatoms. The number of nitrogen functional groups attached to an aromatic ring is 1. The van der Waals surface area contributed by atoms with Crippen molar-refractivity contribution in [3.8, 4) is 17.3 Å². The molecule has 0 atom stereocenters. The van der Waals surface area contributed by atoms with E-state index in [1.165, 1.54) is 36.9 Å². The number of carbonyl (C=O) groups excluding carboxylic acids is 1. The second-order valence-corrected chi connectivity index (χ2v) is 7.51. The Morgan fingerprint density at radius 1 is 1.29 bits per heavy atom. The van der Waals surface area contributed by atoms with Gasteiger partial charge in [0.15, 0.2) is 22.3 Å². The first kappa shape index (κ1) is 22.7. The molecule has 34 heavy (non-hydrogen) atoms. The van der Waals surface area contributed by atoms with Crippen molar-refractivity contribution in [1.29, 1.82) is 0 Å². The van der Waals surface area contributed by atoms with E-state index < -0.39 is 5.91 Å². The standard InChI is InChI=1S/C18H19N11O4S/c1-28-9-21-24-18(28)34-8-11-13(22-27-29(11)16-15(19)25-33-26-16)17(30)23-20-7-10-5-4-6-12(31-2)14(10)32-3/h4-7,9H,8H2,1-3H3,(H2,19,25)(H,23,30)/b20-7-. The quantitative estimate of drug-likeness (QED) is 0.189. The number of anilines is 1. The second kappa shape index (κ2) is 9.99. The Labute approximate surface area is 196 Å². The lowest BCUT2D eigenvalue weighted by molar-refractivity contribution is 0.0949. The van der Waals surface area contributed by atoms with Crippen LogP contribution in [-0.2, 0) is 12.8 Å². The van der Waals surface area contributed by atoms with Gasteiger partial charge in [0.2, 0.25) is 11.6 Å². The number of methoxy groups -OCH3 is 2. The molecule has 3 N–H and O–H groups in total. The Balaban J connectivity index is 1.59. The molecule has 0 aliphatic rings. The van der Waals surface area contributed by atoms with Gasteiger partial charge in [0, 0.05) is 18.4 Å². The number of nitrogens with one attached hydrogen (secondary N) is 1. The van der Waals surface area contributed by atoms with Gasteiger partial charge in [-0.3, -0.25) is 4.79 Å². The fourth-order valence-corrected chi connectivity index (χ4v) is 3.76. The number of nitrogens with zero attached hydrogens (tertiary/aromatic N) is 9. The van der Waals surface area contributed by atoms with Crippen LogP contribution in [0.25, 0.3) is 5.82 Å². The van der Waals surface area contributed by atoms with Crippen LogP contribution >= 0.6 is 11.8 Å². The Morgan fingerprint density at radius 2 is 2.15 bits per heavy atom. The summed E-state index contributed by atoms with van der Waals surface area (Å²) in [5.41, 5.74) is 9.23. The van der Waals surface area contributed by atoms with E-state index in [9.17, 15) is 4.79 Å². The van der Waals surface area contributed by atoms with E-state index >= 15 is 0 Å². The van der Waals surface area contributed by atoms with Crippen LogP contribution in [0.4, 0.5) is 5.82 Å². The van der Waals surface area contributed by atoms with Crippen molar-refractivity contribution in [2.45, 2.75) is 10.9 Å². The largest absolute Gasteiger partial charge is 0.493 e. The highest BCUT2D eigenvalue weighted by molar-refractivity contribution is 7.98. The van der Waals surface area contributed by atoms with Gasteiger partial charge in [-0.25, -0.2) is 10.1 Å². The summed E-state index contributed by atoms with van der Waals surface area (Å²) in [4.78, 5) is 12.9. The molecule has 1 amide bonds. The number of para-hydroxylation sites is 1. The van der Waals surface area contributed by atoms with Crippen molar-refractivity contribution in [3.05, 3.63) is 41.5 Å². The molecule has 0 unspecified atom stereocenters. The minimum absolute atomic E-state index is 0.00632. The Hall–Kier alpha value is -4.47. The van der Waals surface area contributed by atoms with Crippen molar-refractivity contribution in [2.24, 2.45) is 12.1 Å². The lowest BCUT2D eigenvalue weighted by atomic mass is 10.2. The molecule has 0 spiro atoms. The van der Waals surface area contributed by atoms with Crippen molar-refractivity contribution in [2.75, 3.05) is 20.0 Å². The first-order valence-electron chi connectivity index (χ1n) is 9.57. The predicted octanol–water partition coefficient (Wildman–Crippen LogP) is 0.434. The summed E-state index contributed by atoms with van der Waals surface area (Å²) in [7, 11) is 4.84. The molecule has 4 rings (SSSR count). The lowest BCUT2D eigenvalue weighted by Gasteiger charge is -2.09. The maximum atomic E-state index is 12.9. The molecule has 15 nitrogen and oxygen atoms in total. The van der Waals surface area contributed by atoms with Gasteiger partial charge < -0.3 is 19.8 Å². The van der Waals surface area contributed by atoms with Crippen LogP contribution in [0.2, 0.25) is 0 Å². The van der Waals surface area contributed by atoms with Crippen molar-refractivity contribution in [1.82, 2.24) is 45.5 Å². The third kappa shape index (κ3) is 4.51. The topological polar surface area (TPSA) is 186 Å². The highest BCUT2D eigenvalue weighted by Crippen LogP contribution is 2.29. The fraction of sp³-hybridized carbons (Fsp3) is 0.222. The number of rotatable bonds is 9. The van der Waals surface area contributed by atoms with Crippen molar-refractivity contribution < 1.29 is 18.9 Å². The van der Waals surface area contributed by atoms with Gasteiger partial charge in [0.1, 0.15) is 6.33 Å². The number of hydrazone groups is 1. The minimum atomic E-state index is -0.604. The first-order valence-corrected chi connectivity index (χ1v) is 10.6. The van der Waals surface area contributed by atoms with E-state index in [-0.39, 0.29) is 23.1 Å². The molecule has 4 aromatic rings. The molecule has 176 valence electrons. The normalized spacial score (nSPS) is 11.1. The van der Waals surface area contributed by atoms with Crippen molar-refractivity contribution in [3.63, 3.8) is 0 Å². The smallest absolute Gasteiger partial charge is 0.293 e. The summed E-state index contributed by atoms with van der Waals surface area (Å²) in [5, 5.41) is 27.8. The summed E-state index contributed by atoms with van der Waals surface area (Å²) in [5.74, 6) is 0.732. The molecule has 0 bridgehead atoms. The van der Waals surface area contributed by atoms with Gasteiger partial charge in [0.25, 0.3) is 5.91 Å². The SMILES string of the molecule is COc1cccc(/C=N\NC(=O)c2nnn(-c3nonc3N)c2CSc2nncn2C)c1OC. The van der Waals surface area contributed by atoms with Gasteiger partial charge in [0.05, 0.1) is 26.1 Å². The maximum Gasteiger partial charge on any atom is 0.293 e. The van der Waals surface area contributed by atoms with E-state index in [0.29, 0.717) is 27.9 Å². The summed E-state index contributed by atoms with van der Waals surface area (Å²) < 4.78 is 18.3. The Bertz CT molecular complexity index is 1330. The third-order valence-corrected chi connectivity index (χ3v) is 5.53. The van der Waals surface area contributed by atoms with E-state index in [1.807, 2.05) is 0 Å². The number of thioether (sulfide) groups is 1. The van der Waals surface area contributed by atoms with E-state index in [4.69, 9.17) is 15.2 Å². The number of hydrogen-bond donors (Lipinski definition) is 2. The highest BCUT2D eigenvalue weighted by atomic mass is 32.2. The summed E-state index contributed by atoms with van der Waals surface area (Å²) in [6, 6.07) is 5.28. The molecule has 0 saturated carbocycles. The minimum Gasteiger partial charge on any atom is -0.493 e. The number of benzene rings is 1. The van der Waals surface area contributed by atoms with Gasteiger partial charge in [-0.2, -0.15) is 9.78 Å². The molecule has 0 aliphatic heterocycles. The molecule has 0 radical (unpaired) electrons. The van der Waals surface area contributed by atoms with Gasteiger partial charge in [-0.05, 0) is 22.4 Å². The zero-order valence-electron chi connectivity index (χ0n) is 18.2. The van der Waals surface area contributed by atoms with Crippen molar-refractivity contribution >= 4 is 29.7 Å². The van der Waals surface area contributed by atoms with Gasteiger partial charge in [-0.15, -0.1) is 15.3 Å². The van der Waals surface area contributed by atoms with Crippen LogP contribution in [0.3, 0.4) is 0 Å². The number of aryl methyl sites for hydroxylation is 1. The number of aromatic nitrogens is 8. The second-order valence-electron chi connectivity index (χ2n) is 6.56. The summed E-state index contributed by atoms with van der Waals surface area (Å²) in [6.45, 7) is 0. The molecule has 3 heterocycles. The van der Waals surface area contributed by atoms with E-state index in [2.05, 4.69) is 46.0 Å². The predicted molar refractivity (Wildman–Crippen MR) is 119 cm³/mol. The zero-order valence-corrected chi connectivity index (χ0v) is 19.1. The summed E-state index contributed by atoms with van der Waals surface area (Å²) >= 11 is 1.31. The molecule has 0 saturated heterocycles. The number of amides is 1. The van der Waals surface area contributed by atoms with Crippen LogP contribution < -0.4 is 20.6 Å². The molecule has 0 fully saturated rings. The average Bonchev–Trinajstić information content (AvgIpc) is 3.56. The van der Waals surface area contributed by atoms with Crippen LogP contribution in [0.5, 0.6) is 11.5 Å². The Morgan fingerprint density at radius 3 is 2.82 bits per heavy atom. The van der Waals surface area contributed by atoms with Crippen LogP contribution in [0.15, 0.2) is 39.4 Å². The lowest BCUT2D eigenvalue weighted by Crippen LogP contribution is -2.20. The molecular weight excluding hydrogens is 466 g/mol. The monoisotopic (exact) mass is 485 g/mol. The third-order valence-electron chi connectivity index (χ3n) is 4.49. The zero-order chi connectivity index (χ0) is 24.1. The molecule has 1 aromatic carbocycles. The Kier molecular flexibility index (Phi) is 6.67. The van der Waals surface area contributed by atoms with Gasteiger partial charge >= 0.3 is 0 Å². The number of nitrogens with two attached hydrogens (primary N) is 1. The van der Waals surface area contributed by atoms with Crippen LogP contribution in [0, 0.1) is 0 Å².